The number of phenols is 1. The molecular formula is C12H18BrN3O2. The van der Waals surface area contributed by atoms with Crippen molar-refractivity contribution in [2.45, 2.75) is 6.54 Å². The first-order valence-corrected chi connectivity index (χ1v) is 6.43. The van der Waals surface area contributed by atoms with Gasteiger partial charge in [0.1, 0.15) is 5.75 Å². The van der Waals surface area contributed by atoms with E-state index >= 15 is 0 Å². The summed E-state index contributed by atoms with van der Waals surface area (Å²) in [5.74, 6) is 0.267. The fraction of sp³-hybridized carbons (Fsp3) is 0.417. The number of carbonyl (C=O) groups excluding carboxylic acids is 1. The van der Waals surface area contributed by atoms with E-state index in [9.17, 15) is 9.90 Å². The highest BCUT2D eigenvalue weighted by atomic mass is 79.9. The topological polar surface area (TPSA) is 64.6 Å². The van der Waals surface area contributed by atoms with Crippen LogP contribution in [0.5, 0.6) is 5.75 Å². The van der Waals surface area contributed by atoms with Crippen LogP contribution in [0.15, 0.2) is 22.7 Å². The van der Waals surface area contributed by atoms with E-state index in [0.29, 0.717) is 19.6 Å². The molecule has 0 saturated carbocycles. The number of hydrogen-bond donors (Lipinski definition) is 3. The van der Waals surface area contributed by atoms with E-state index in [0.717, 1.165) is 10.0 Å². The van der Waals surface area contributed by atoms with Gasteiger partial charge in [0, 0.05) is 43.8 Å². The Bertz CT molecular complexity index is 410. The van der Waals surface area contributed by atoms with Crippen molar-refractivity contribution in [2.24, 2.45) is 0 Å². The average Bonchev–Trinajstić information content (AvgIpc) is 2.32. The summed E-state index contributed by atoms with van der Waals surface area (Å²) in [5, 5.41) is 15.5. The van der Waals surface area contributed by atoms with Gasteiger partial charge in [0.25, 0.3) is 0 Å². The number of rotatable bonds is 5. The number of phenolic OH excluding ortho intramolecular Hbond substituents is 1. The molecule has 1 aromatic carbocycles. The molecule has 3 N–H and O–H groups in total. The van der Waals surface area contributed by atoms with Crippen molar-refractivity contribution >= 4 is 22.0 Å². The minimum Gasteiger partial charge on any atom is -0.508 e. The summed E-state index contributed by atoms with van der Waals surface area (Å²) < 4.78 is 0.929. The second kappa shape index (κ2) is 7.23. The lowest BCUT2D eigenvalue weighted by Gasteiger charge is -2.12. The molecule has 6 heteroatoms. The van der Waals surface area contributed by atoms with Crippen LogP contribution in [0, 0.1) is 0 Å². The number of amides is 2. The quantitative estimate of drug-likeness (QED) is 0.722. The van der Waals surface area contributed by atoms with Crippen molar-refractivity contribution in [1.82, 2.24) is 15.5 Å². The molecule has 100 valence electrons. The number of aromatic hydroxyl groups is 1. The van der Waals surface area contributed by atoms with E-state index < -0.39 is 0 Å². The first-order valence-electron chi connectivity index (χ1n) is 5.64. The molecular weight excluding hydrogens is 298 g/mol. The van der Waals surface area contributed by atoms with Gasteiger partial charge in [0.2, 0.25) is 0 Å². The van der Waals surface area contributed by atoms with E-state index in [-0.39, 0.29) is 11.8 Å². The van der Waals surface area contributed by atoms with Gasteiger partial charge < -0.3 is 20.6 Å². The summed E-state index contributed by atoms with van der Waals surface area (Å²) in [6.45, 7) is 1.75. The van der Waals surface area contributed by atoms with E-state index in [1.807, 2.05) is 6.07 Å². The summed E-state index contributed by atoms with van der Waals surface area (Å²) in [5.41, 5.74) is 0.823. The molecule has 0 radical (unpaired) electrons. The van der Waals surface area contributed by atoms with E-state index in [2.05, 4.69) is 26.6 Å². The molecule has 0 fully saturated rings. The Morgan fingerprint density at radius 1 is 1.39 bits per heavy atom. The predicted octanol–water partition coefficient (Wildman–Crippen LogP) is 1.52. The van der Waals surface area contributed by atoms with Crippen LogP contribution in [-0.4, -0.2) is 43.2 Å². The van der Waals surface area contributed by atoms with Crippen LogP contribution in [0.4, 0.5) is 4.79 Å². The SMILES string of the molecule is CN(C)C(=O)NCCNCc1cc(Br)ccc1O. The van der Waals surface area contributed by atoms with Gasteiger partial charge >= 0.3 is 6.03 Å². The monoisotopic (exact) mass is 315 g/mol. The number of nitrogens with zero attached hydrogens (tertiary/aromatic N) is 1. The van der Waals surface area contributed by atoms with Crippen molar-refractivity contribution in [3.8, 4) is 5.75 Å². The van der Waals surface area contributed by atoms with Crippen LogP contribution >= 0.6 is 15.9 Å². The Balaban J connectivity index is 2.26. The maximum Gasteiger partial charge on any atom is 0.316 e. The molecule has 18 heavy (non-hydrogen) atoms. The second-order valence-electron chi connectivity index (χ2n) is 4.08. The number of hydrogen-bond acceptors (Lipinski definition) is 3. The molecule has 1 rings (SSSR count). The molecule has 5 nitrogen and oxygen atoms in total. The minimum absolute atomic E-state index is 0.109. The third-order valence-electron chi connectivity index (χ3n) is 2.34. The lowest BCUT2D eigenvalue weighted by atomic mass is 10.2. The van der Waals surface area contributed by atoms with E-state index in [4.69, 9.17) is 0 Å². The molecule has 0 aliphatic rings. The van der Waals surface area contributed by atoms with Gasteiger partial charge in [-0.2, -0.15) is 0 Å². The van der Waals surface area contributed by atoms with Gasteiger partial charge in [-0.1, -0.05) is 15.9 Å². The number of carbonyl (C=O) groups is 1. The molecule has 0 unspecified atom stereocenters. The zero-order valence-electron chi connectivity index (χ0n) is 10.5. The molecule has 0 bridgehead atoms. The maximum absolute atomic E-state index is 11.2. The lowest BCUT2D eigenvalue weighted by Crippen LogP contribution is -2.38. The lowest BCUT2D eigenvalue weighted by molar-refractivity contribution is 0.217. The van der Waals surface area contributed by atoms with Gasteiger partial charge in [0.15, 0.2) is 0 Å². The summed E-state index contributed by atoms with van der Waals surface area (Å²) in [6.07, 6.45) is 0. The van der Waals surface area contributed by atoms with Crippen molar-refractivity contribution < 1.29 is 9.90 Å². The molecule has 0 atom stereocenters. The van der Waals surface area contributed by atoms with Crippen molar-refractivity contribution in [1.29, 1.82) is 0 Å². The van der Waals surface area contributed by atoms with Crippen LogP contribution in [0.25, 0.3) is 0 Å². The third kappa shape index (κ3) is 4.93. The molecule has 0 aliphatic heterocycles. The standard InChI is InChI=1S/C12H18BrN3O2/c1-16(2)12(18)15-6-5-14-8-9-7-10(13)3-4-11(9)17/h3-4,7,14,17H,5-6,8H2,1-2H3,(H,15,18). The van der Waals surface area contributed by atoms with Crippen molar-refractivity contribution in [3.05, 3.63) is 28.2 Å². The third-order valence-corrected chi connectivity index (χ3v) is 2.83. The van der Waals surface area contributed by atoms with Gasteiger partial charge in [-0.3, -0.25) is 0 Å². The van der Waals surface area contributed by atoms with Crippen LogP contribution in [0.3, 0.4) is 0 Å². The molecule has 0 saturated heterocycles. The number of nitrogens with one attached hydrogen (secondary N) is 2. The van der Waals surface area contributed by atoms with E-state index in [1.54, 1.807) is 26.2 Å². The van der Waals surface area contributed by atoms with Gasteiger partial charge in [0.05, 0.1) is 0 Å². The highest BCUT2D eigenvalue weighted by molar-refractivity contribution is 9.10. The number of benzene rings is 1. The van der Waals surface area contributed by atoms with Crippen LogP contribution < -0.4 is 10.6 Å². The first kappa shape index (κ1) is 14.8. The normalized spacial score (nSPS) is 10.2. The molecule has 2 amide bonds. The van der Waals surface area contributed by atoms with Gasteiger partial charge in [-0.25, -0.2) is 4.79 Å². The second-order valence-corrected chi connectivity index (χ2v) is 4.99. The number of halogens is 1. The van der Waals surface area contributed by atoms with Gasteiger partial charge in [-0.15, -0.1) is 0 Å². The van der Waals surface area contributed by atoms with Crippen molar-refractivity contribution in [2.75, 3.05) is 27.2 Å². The largest absolute Gasteiger partial charge is 0.508 e. The first-order chi connectivity index (χ1) is 8.50. The molecule has 0 heterocycles. The minimum atomic E-state index is -0.109. The zero-order chi connectivity index (χ0) is 13.5. The van der Waals surface area contributed by atoms with E-state index in [1.165, 1.54) is 4.90 Å². The van der Waals surface area contributed by atoms with Crippen molar-refractivity contribution in [3.63, 3.8) is 0 Å². The molecule has 0 aromatic heterocycles. The van der Waals surface area contributed by atoms with Crippen LogP contribution in [0.2, 0.25) is 0 Å². The molecule has 0 aliphatic carbocycles. The summed E-state index contributed by atoms with van der Waals surface area (Å²) >= 11 is 3.35. The fourth-order valence-electron chi connectivity index (χ4n) is 1.33. The average molecular weight is 316 g/mol. The van der Waals surface area contributed by atoms with Crippen LogP contribution in [-0.2, 0) is 6.54 Å². The predicted molar refractivity (Wildman–Crippen MR) is 74.6 cm³/mol. The summed E-state index contributed by atoms with van der Waals surface area (Å²) in [7, 11) is 3.39. The number of urea groups is 1. The Morgan fingerprint density at radius 3 is 2.78 bits per heavy atom. The highest BCUT2D eigenvalue weighted by Crippen LogP contribution is 2.21. The zero-order valence-corrected chi connectivity index (χ0v) is 12.1. The Hall–Kier alpha value is -1.27. The Kier molecular flexibility index (Phi) is 5.94. The highest BCUT2D eigenvalue weighted by Gasteiger charge is 2.03. The van der Waals surface area contributed by atoms with Crippen LogP contribution in [0.1, 0.15) is 5.56 Å². The molecule has 1 aromatic rings. The summed E-state index contributed by atoms with van der Waals surface area (Å²) in [4.78, 5) is 12.7. The maximum atomic E-state index is 11.2. The smallest absolute Gasteiger partial charge is 0.316 e. The van der Waals surface area contributed by atoms with Gasteiger partial charge in [-0.05, 0) is 18.2 Å². The summed E-state index contributed by atoms with van der Waals surface area (Å²) in [6, 6.07) is 5.19. The Morgan fingerprint density at radius 2 is 2.11 bits per heavy atom. The molecule has 0 spiro atoms. The fourth-order valence-corrected chi connectivity index (χ4v) is 1.74. The Labute approximate surface area is 115 Å².